The van der Waals surface area contributed by atoms with Gasteiger partial charge >= 0.3 is 0 Å². The molecule has 2 heterocycles. The third-order valence-electron chi connectivity index (χ3n) is 4.72. The first-order valence-corrected chi connectivity index (χ1v) is 9.03. The van der Waals surface area contributed by atoms with E-state index in [4.69, 9.17) is 9.47 Å². The number of nitrogens with zero attached hydrogens (tertiary/aromatic N) is 1. The molecule has 2 saturated heterocycles. The summed E-state index contributed by atoms with van der Waals surface area (Å²) in [5, 5.41) is 3.29. The van der Waals surface area contributed by atoms with E-state index in [9.17, 15) is 12.8 Å². The highest BCUT2D eigenvalue weighted by Gasteiger charge is 2.39. The molecule has 2 aliphatic heterocycles. The summed E-state index contributed by atoms with van der Waals surface area (Å²) in [5.41, 5.74) is 0. The first-order chi connectivity index (χ1) is 11.0. The zero-order valence-electron chi connectivity index (χ0n) is 13.6. The maximum absolute atomic E-state index is 14.3. The van der Waals surface area contributed by atoms with Gasteiger partial charge in [-0.3, -0.25) is 0 Å². The van der Waals surface area contributed by atoms with Crippen LogP contribution in [0.3, 0.4) is 0 Å². The lowest BCUT2D eigenvalue weighted by atomic mass is 9.90. The van der Waals surface area contributed by atoms with E-state index in [1.807, 2.05) is 0 Å². The molecule has 2 aliphatic rings. The fraction of sp³-hybridized carbons (Fsp3) is 0.600. The van der Waals surface area contributed by atoms with Gasteiger partial charge in [0.2, 0.25) is 10.0 Å². The number of halogens is 2. The number of fused-ring (bicyclic) bond motifs is 1. The van der Waals surface area contributed by atoms with Crippen LogP contribution in [0.15, 0.2) is 17.0 Å². The molecule has 0 amide bonds. The topological polar surface area (TPSA) is 67.9 Å². The van der Waals surface area contributed by atoms with Crippen LogP contribution in [-0.4, -0.2) is 53.1 Å². The highest BCUT2D eigenvalue weighted by molar-refractivity contribution is 7.89. The first kappa shape index (κ1) is 19.2. The predicted molar refractivity (Wildman–Crippen MR) is 90.0 cm³/mol. The molecule has 9 heteroatoms. The lowest BCUT2D eigenvalue weighted by molar-refractivity contribution is 0.227. The van der Waals surface area contributed by atoms with Crippen LogP contribution < -0.4 is 14.8 Å². The molecule has 2 unspecified atom stereocenters. The minimum Gasteiger partial charge on any atom is -0.493 e. The Morgan fingerprint density at radius 1 is 1.17 bits per heavy atom. The van der Waals surface area contributed by atoms with Crippen molar-refractivity contribution in [1.82, 2.24) is 9.62 Å². The molecule has 2 atom stereocenters. The molecular formula is C15H22ClFN2O4S. The lowest BCUT2D eigenvalue weighted by Crippen LogP contribution is -2.43. The number of hydrogen-bond acceptors (Lipinski definition) is 5. The maximum Gasteiger partial charge on any atom is 0.246 e. The Bertz CT molecular complexity index is 701. The number of ether oxygens (including phenoxy) is 2. The van der Waals surface area contributed by atoms with Crippen LogP contribution in [-0.2, 0) is 10.0 Å². The summed E-state index contributed by atoms with van der Waals surface area (Å²) in [6.07, 6.45) is 0.797. The number of hydrogen-bond donors (Lipinski definition) is 1. The SMILES string of the molecule is COc1cc(F)c(S(=O)(=O)N2CCC3CNCC3C2)cc1OC.Cl. The molecule has 136 valence electrons. The molecule has 2 fully saturated rings. The monoisotopic (exact) mass is 380 g/mol. The molecule has 0 aliphatic carbocycles. The number of piperidine rings is 1. The Morgan fingerprint density at radius 3 is 2.46 bits per heavy atom. The van der Waals surface area contributed by atoms with Gasteiger partial charge in [0.05, 0.1) is 14.2 Å². The minimum absolute atomic E-state index is 0. The second-order valence-corrected chi connectivity index (χ2v) is 7.87. The van der Waals surface area contributed by atoms with Crippen LogP contribution in [0.25, 0.3) is 0 Å². The van der Waals surface area contributed by atoms with Gasteiger partial charge in [0.1, 0.15) is 10.7 Å². The van der Waals surface area contributed by atoms with Crippen molar-refractivity contribution in [2.75, 3.05) is 40.4 Å². The van der Waals surface area contributed by atoms with Gasteiger partial charge in [0.25, 0.3) is 0 Å². The number of rotatable bonds is 4. The average Bonchev–Trinajstić information content (AvgIpc) is 3.01. The van der Waals surface area contributed by atoms with Crippen LogP contribution >= 0.6 is 12.4 Å². The number of benzene rings is 1. The Balaban J connectivity index is 0.00000208. The largest absolute Gasteiger partial charge is 0.493 e. The van der Waals surface area contributed by atoms with E-state index in [-0.39, 0.29) is 28.8 Å². The van der Waals surface area contributed by atoms with E-state index in [1.165, 1.54) is 24.6 Å². The highest BCUT2D eigenvalue weighted by atomic mass is 35.5. The second-order valence-electron chi connectivity index (χ2n) is 5.97. The Hall–Kier alpha value is -1.09. The van der Waals surface area contributed by atoms with Gasteiger partial charge in [-0.2, -0.15) is 4.31 Å². The zero-order chi connectivity index (χ0) is 16.6. The minimum atomic E-state index is -3.89. The summed E-state index contributed by atoms with van der Waals surface area (Å²) in [6, 6.07) is 2.25. The molecule has 1 aromatic carbocycles. The van der Waals surface area contributed by atoms with E-state index < -0.39 is 15.8 Å². The van der Waals surface area contributed by atoms with E-state index in [1.54, 1.807) is 0 Å². The Labute approximate surface area is 147 Å². The fourth-order valence-electron chi connectivity index (χ4n) is 3.39. The summed E-state index contributed by atoms with van der Waals surface area (Å²) in [5.74, 6) is 0.347. The molecule has 6 nitrogen and oxygen atoms in total. The molecule has 1 aromatic rings. The van der Waals surface area contributed by atoms with E-state index in [2.05, 4.69) is 5.32 Å². The van der Waals surface area contributed by atoms with Gasteiger partial charge < -0.3 is 14.8 Å². The molecule has 0 aromatic heterocycles. The smallest absolute Gasteiger partial charge is 0.246 e. The Kier molecular flexibility index (Phi) is 5.95. The number of methoxy groups -OCH3 is 2. The lowest BCUT2D eigenvalue weighted by Gasteiger charge is -2.33. The molecule has 3 rings (SSSR count). The molecule has 24 heavy (non-hydrogen) atoms. The van der Waals surface area contributed by atoms with Gasteiger partial charge in [-0.15, -0.1) is 12.4 Å². The molecule has 0 bridgehead atoms. The Morgan fingerprint density at radius 2 is 1.79 bits per heavy atom. The summed E-state index contributed by atoms with van der Waals surface area (Å²) < 4.78 is 51.5. The molecule has 0 spiro atoms. The van der Waals surface area contributed by atoms with Crippen LogP contribution in [0.4, 0.5) is 4.39 Å². The summed E-state index contributed by atoms with van der Waals surface area (Å²) in [7, 11) is -1.12. The van der Waals surface area contributed by atoms with Gasteiger partial charge in [-0.1, -0.05) is 0 Å². The predicted octanol–water partition coefficient (Wildman–Crippen LogP) is 1.49. The van der Waals surface area contributed by atoms with Crippen molar-refractivity contribution in [3.05, 3.63) is 17.9 Å². The number of sulfonamides is 1. The van der Waals surface area contributed by atoms with Gasteiger partial charge in [0.15, 0.2) is 11.5 Å². The molecule has 0 saturated carbocycles. The van der Waals surface area contributed by atoms with Crippen molar-refractivity contribution in [1.29, 1.82) is 0 Å². The van der Waals surface area contributed by atoms with Crippen LogP contribution in [0.5, 0.6) is 11.5 Å². The van der Waals surface area contributed by atoms with Crippen LogP contribution in [0.2, 0.25) is 0 Å². The van der Waals surface area contributed by atoms with Crippen molar-refractivity contribution < 1.29 is 22.3 Å². The molecular weight excluding hydrogens is 359 g/mol. The van der Waals surface area contributed by atoms with Crippen LogP contribution in [0, 0.1) is 17.7 Å². The zero-order valence-corrected chi connectivity index (χ0v) is 15.3. The summed E-state index contributed by atoms with van der Waals surface area (Å²) in [6.45, 7) is 2.58. The first-order valence-electron chi connectivity index (χ1n) is 7.59. The van der Waals surface area contributed by atoms with Crippen molar-refractivity contribution in [3.63, 3.8) is 0 Å². The van der Waals surface area contributed by atoms with Gasteiger partial charge in [0, 0.05) is 25.2 Å². The van der Waals surface area contributed by atoms with E-state index >= 15 is 0 Å². The average molecular weight is 381 g/mol. The quantitative estimate of drug-likeness (QED) is 0.857. The summed E-state index contributed by atoms with van der Waals surface area (Å²) >= 11 is 0. The van der Waals surface area contributed by atoms with Crippen molar-refractivity contribution in [2.24, 2.45) is 11.8 Å². The summed E-state index contributed by atoms with van der Waals surface area (Å²) in [4.78, 5) is -0.362. The number of nitrogens with one attached hydrogen (secondary N) is 1. The third-order valence-corrected chi connectivity index (χ3v) is 6.60. The highest BCUT2D eigenvalue weighted by Crippen LogP contribution is 2.35. The van der Waals surface area contributed by atoms with E-state index in [0.29, 0.717) is 24.9 Å². The molecule has 0 radical (unpaired) electrons. The normalized spacial score (nSPS) is 24.1. The van der Waals surface area contributed by atoms with Crippen molar-refractivity contribution >= 4 is 22.4 Å². The van der Waals surface area contributed by atoms with Gasteiger partial charge in [-0.05, 0) is 31.3 Å². The second kappa shape index (κ2) is 7.43. The van der Waals surface area contributed by atoms with Crippen molar-refractivity contribution in [2.45, 2.75) is 11.3 Å². The fourth-order valence-corrected chi connectivity index (χ4v) is 4.97. The van der Waals surface area contributed by atoms with E-state index in [0.717, 1.165) is 25.6 Å². The molecule has 1 N–H and O–H groups in total. The third kappa shape index (κ3) is 3.33. The van der Waals surface area contributed by atoms with Gasteiger partial charge in [-0.25, -0.2) is 12.8 Å². The maximum atomic E-state index is 14.3. The standard InChI is InChI=1S/C15H21FN2O4S.ClH/c1-21-13-5-12(16)15(6-14(13)22-2)23(19,20)18-4-3-10-7-17-8-11(10)9-18;/h5-6,10-11,17H,3-4,7-9H2,1-2H3;1H. The van der Waals surface area contributed by atoms with Crippen molar-refractivity contribution in [3.8, 4) is 11.5 Å². The van der Waals surface area contributed by atoms with Crippen LogP contribution in [0.1, 0.15) is 6.42 Å².